The van der Waals surface area contributed by atoms with Gasteiger partial charge in [0.15, 0.2) is 0 Å². The van der Waals surface area contributed by atoms with Crippen LogP contribution in [0.1, 0.15) is 265 Å². The molecule has 0 aliphatic heterocycles. The highest BCUT2D eigenvalue weighted by molar-refractivity contribution is 4.61. The second-order valence-corrected chi connectivity index (χ2v) is 15.3. The van der Waals surface area contributed by atoms with Crippen LogP contribution in [0.4, 0.5) is 0 Å². The Morgan fingerprint density at radius 3 is 0.581 bits per heavy atom. The van der Waals surface area contributed by atoms with Crippen LogP contribution >= 0.6 is 0 Å². The van der Waals surface area contributed by atoms with Gasteiger partial charge in [-0.3, -0.25) is 0 Å². The molecule has 2 unspecified atom stereocenters. The van der Waals surface area contributed by atoms with Gasteiger partial charge in [-0.15, -0.1) is 0 Å². The van der Waals surface area contributed by atoms with Crippen LogP contribution < -0.4 is 0 Å². The van der Waals surface area contributed by atoms with Crippen LogP contribution in [0.15, 0.2) is 0 Å². The third-order valence-electron chi connectivity index (χ3n) is 10.4. The summed E-state index contributed by atoms with van der Waals surface area (Å²) < 4.78 is 0. The average molecular weight is 605 g/mol. The minimum absolute atomic E-state index is 0.942. The lowest BCUT2D eigenvalue weighted by molar-refractivity contribution is 0.356. The van der Waals surface area contributed by atoms with E-state index in [2.05, 4.69) is 27.7 Å². The van der Waals surface area contributed by atoms with Gasteiger partial charge in [-0.25, -0.2) is 0 Å². The van der Waals surface area contributed by atoms with Crippen molar-refractivity contribution in [3.05, 3.63) is 0 Å². The van der Waals surface area contributed by atoms with E-state index in [9.17, 15) is 0 Å². The molecule has 0 fully saturated rings. The van der Waals surface area contributed by atoms with Crippen molar-refractivity contribution >= 4 is 0 Å². The molecule has 0 bridgehead atoms. The van der Waals surface area contributed by atoms with Gasteiger partial charge in [0.2, 0.25) is 0 Å². The van der Waals surface area contributed by atoms with E-state index in [0.29, 0.717) is 0 Å². The zero-order valence-electron chi connectivity index (χ0n) is 31.3. The molecular formula is C43H88. The zero-order valence-corrected chi connectivity index (χ0v) is 31.3. The summed E-state index contributed by atoms with van der Waals surface area (Å²) in [6.07, 6.45) is 54.6. The lowest BCUT2D eigenvalue weighted by Gasteiger charge is -2.17. The molecule has 0 heterocycles. The summed E-state index contributed by atoms with van der Waals surface area (Å²) in [6, 6.07) is 0. The molecule has 0 aromatic heterocycles. The van der Waals surface area contributed by atoms with Crippen molar-refractivity contribution in [2.45, 2.75) is 265 Å². The smallest absolute Gasteiger partial charge is 0.0440 e. The second-order valence-electron chi connectivity index (χ2n) is 15.3. The molecular weight excluding hydrogens is 516 g/mol. The topological polar surface area (TPSA) is 0 Å². The van der Waals surface area contributed by atoms with Gasteiger partial charge < -0.3 is 0 Å². The van der Waals surface area contributed by atoms with E-state index in [0.717, 1.165) is 11.8 Å². The van der Waals surface area contributed by atoms with Crippen molar-refractivity contribution in [1.82, 2.24) is 0 Å². The molecule has 0 aromatic carbocycles. The standard InChI is InChI=1S/C43H88/c1-5-7-9-11-13-15-17-19-20-21-22-23-24-25-26-27-28-30-32-34-36-38-40-43(4)41-42(3)39-37-35-33-31-29-18-16-14-12-10-8-6-2/h42-43H,5-41H2,1-4H3. The number of rotatable bonds is 38. The van der Waals surface area contributed by atoms with Gasteiger partial charge in [0.25, 0.3) is 0 Å². The van der Waals surface area contributed by atoms with Crippen LogP contribution in [0.2, 0.25) is 0 Å². The van der Waals surface area contributed by atoms with E-state index in [-0.39, 0.29) is 0 Å². The molecule has 2 atom stereocenters. The van der Waals surface area contributed by atoms with Crippen LogP contribution in [-0.2, 0) is 0 Å². The van der Waals surface area contributed by atoms with Gasteiger partial charge in [-0.05, 0) is 18.3 Å². The monoisotopic (exact) mass is 605 g/mol. The predicted octanol–water partition coefficient (Wildman–Crippen LogP) is 16.7. The Bertz CT molecular complexity index is 467. The van der Waals surface area contributed by atoms with E-state index in [1.807, 2.05) is 0 Å². The van der Waals surface area contributed by atoms with Crippen LogP contribution in [0.5, 0.6) is 0 Å². The van der Waals surface area contributed by atoms with E-state index >= 15 is 0 Å². The minimum atomic E-state index is 0.942. The normalized spacial score (nSPS) is 13.1. The first-order valence-electron chi connectivity index (χ1n) is 21.2. The molecule has 0 N–H and O–H groups in total. The van der Waals surface area contributed by atoms with E-state index in [1.165, 1.54) is 238 Å². The van der Waals surface area contributed by atoms with Gasteiger partial charge in [-0.1, -0.05) is 259 Å². The van der Waals surface area contributed by atoms with Crippen LogP contribution in [0, 0.1) is 11.8 Å². The summed E-state index contributed by atoms with van der Waals surface area (Å²) in [4.78, 5) is 0. The summed E-state index contributed by atoms with van der Waals surface area (Å²) in [6.45, 7) is 9.67. The van der Waals surface area contributed by atoms with Crippen molar-refractivity contribution in [3.63, 3.8) is 0 Å². The Kier molecular flexibility index (Phi) is 38.2. The molecule has 0 spiro atoms. The lowest BCUT2D eigenvalue weighted by Crippen LogP contribution is -2.03. The van der Waals surface area contributed by atoms with Crippen molar-refractivity contribution in [1.29, 1.82) is 0 Å². The van der Waals surface area contributed by atoms with Gasteiger partial charge in [0, 0.05) is 0 Å². The number of unbranched alkanes of at least 4 members (excludes halogenated alkanes) is 32. The Hall–Kier alpha value is 0. The van der Waals surface area contributed by atoms with E-state index in [4.69, 9.17) is 0 Å². The van der Waals surface area contributed by atoms with Crippen molar-refractivity contribution in [3.8, 4) is 0 Å². The highest BCUT2D eigenvalue weighted by Crippen LogP contribution is 2.23. The summed E-state index contributed by atoms with van der Waals surface area (Å²) in [5.41, 5.74) is 0. The highest BCUT2D eigenvalue weighted by atomic mass is 14.1. The maximum absolute atomic E-state index is 2.52. The largest absolute Gasteiger partial charge is 0.0654 e. The fourth-order valence-corrected chi connectivity index (χ4v) is 7.36. The molecule has 0 aliphatic rings. The van der Waals surface area contributed by atoms with Crippen LogP contribution in [0.3, 0.4) is 0 Å². The Balaban J connectivity index is 3.23. The second kappa shape index (κ2) is 38.2. The molecule has 0 radical (unpaired) electrons. The highest BCUT2D eigenvalue weighted by Gasteiger charge is 2.09. The van der Waals surface area contributed by atoms with Crippen LogP contribution in [-0.4, -0.2) is 0 Å². The predicted molar refractivity (Wildman–Crippen MR) is 201 cm³/mol. The fraction of sp³-hybridized carbons (Fsp3) is 1.00. The average Bonchev–Trinajstić information content (AvgIpc) is 3.00. The van der Waals surface area contributed by atoms with Crippen molar-refractivity contribution in [2.75, 3.05) is 0 Å². The van der Waals surface area contributed by atoms with Gasteiger partial charge in [0.1, 0.15) is 0 Å². The third kappa shape index (κ3) is 38.1. The molecule has 0 rings (SSSR count). The third-order valence-corrected chi connectivity index (χ3v) is 10.4. The molecule has 0 aromatic rings. The van der Waals surface area contributed by atoms with Crippen LogP contribution in [0.25, 0.3) is 0 Å². The Morgan fingerprint density at radius 1 is 0.233 bits per heavy atom. The lowest BCUT2D eigenvalue weighted by atomic mass is 9.89. The van der Waals surface area contributed by atoms with E-state index in [1.54, 1.807) is 0 Å². The summed E-state index contributed by atoms with van der Waals surface area (Å²) in [5, 5.41) is 0. The molecule has 0 nitrogen and oxygen atoms in total. The molecule has 0 saturated heterocycles. The van der Waals surface area contributed by atoms with Gasteiger partial charge in [0.05, 0.1) is 0 Å². The van der Waals surface area contributed by atoms with Gasteiger partial charge >= 0.3 is 0 Å². The fourth-order valence-electron chi connectivity index (χ4n) is 7.36. The molecule has 260 valence electrons. The first-order valence-corrected chi connectivity index (χ1v) is 21.2. The summed E-state index contributed by atoms with van der Waals surface area (Å²) in [7, 11) is 0. The number of hydrogen-bond donors (Lipinski definition) is 0. The quantitative estimate of drug-likeness (QED) is 0.0615. The molecule has 0 aliphatic carbocycles. The first kappa shape index (κ1) is 43.0. The Morgan fingerprint density at radius 2 is 0.395 bits per heavy atom. The Labute approximate surface area is 276 Å². The molecule has 0 amide bonds. The first-order chi connectivity index (χ1) is 21.2. The zero-order chi connectivity index (χ0) is 31.3. The van der Waals surface area contributed by atoms with Crippen molar-refractivity contribution in [2.24, 2.45) is 11.8 Å². The maximum Gasteiger partial charge on any atom is -0.0440 e. The minimum Gasteiger partial charge on any atom is -0.0654 e. The summed E-state index contributed by atoms with van der Waals surface area (Å²) in [5.74, 6) is 1.88. The summed E-state index contributed by atoms with van der Waals surface area (Å²) >= 11 is 0. The number of hydrogen-bond acceptors (Lipinski definition) is 0. The molecule has 0 saturated carbocycles. The maximum atomic E-state index is 2.52. The van der Waals surface area contributed by atoms with Gasteiger partial charge in [-0.2, -0.15) is 0 Å². The van der Waals surface area contributed by atoms with E-state index < -0.39 is 0 Å². The molecule has 0 heteroatoms. The SMILES string of the molecule is CCCCCCCCCCCCCCCCCCCCCCCCC(C)CC(C)CCCCCCCCCCCCCC. The van der Waals surface area contributed by atoms with Crippen molar-refractivity contribution < 1.29 is 0 Å². The molecule has 43 heavy (non-hydrogen) atoms.